The average Bonchev–Trinajstić information content (AvgIpc) is 3.19. The minimum atomic E-state index is -5.08. The first-order chi connectivity index (χ1) is 20.2. The highest BCUT2D eigenvalue weighted by Crippen LogP contribution is 2.45. The summed E-state index contributed by atoms with van der Waals surface area (Å²) in [5.74, 6) is -5.75. The number of hydrogen-bond acceptors (Lipinski definition) is 7. The minimum absolute atomic E-state index is 0.00663. The molecule has 1 atom stereocenters. The van der Waals surface area contributed by atoms with Crippen LogP contribution in [0.3, 0.4) is 0 Å². The molecule has 228 valence electrons. The van der Waals surface area contributed by atoms with Crippen LogP contribution in [0.15, 0.2) is 36.4 Å². The number of alkyl halides is 3. The fraction of sp³-hybridized carbons (Fsp3) is 0.414. The lowest BCUT2D eigenvalue weighted by Crippen LogP contribution is -2.54. The molecule has 0 aliphatic carbocycles. The number of carboxylic acid groups (broad SMARTS) is 1. The maximum absolute atomic E-state index is 15.6. The molecule has 2 fully saturated rings. The van der Waals surface area contributed by atoms with Crippen molar-refractivity contribution in [1.82, 2.24) is 15.1 Å². The van der Waals surface area contributed by atoms with Crippen LogP contribution in [0.2, 0.25) is 0 Å². The Morgan fingerprint density at radius 2 is 1.67 bits per heavy atom. The Morgan fingerprint density at radius 1 is 1.02 bits per heavy atom. The van der Waals surface area contributed by atoms with Crippen LogP contribution in [0.5, 0.6) is 0 Å². The zero-order chi connectivity index (χ0) is 31.3. The van der Waals surface area contributed by atoms with Crippen molar-refractivity contribution in [3.05, 3.63) is 64.5 Å². The molecule has 0 aromatic heterocycles. The van der Waals surface area contributed by atoms with Crippen molar-refractivity contribution in [2.75, 3.05) is 31.6 Å². The monoisotopic (exact) mass is 604 g/mol. The van der Waals surface area contributed by atoms with Crippen LogP contribution in [-0.4, -0.2) is 83.4 Å². The molecule has 10 nitrogen and oxygen atoms in total. The van der Waals surface area contributed by atoms with Crippen molar-refractivity contribution < 1.29 is 46.6 Å². The number of carbonyl (C=O) groups excluding carboxylic acids is 4. The number of likely N-dealkylation sites (tertiary alicyclic amines) is 1. The lowest BCUT2D eigenvalue weighted by atomic mass is 9.68. The normalized spacial score (nSPS) is 21.7. The number of benzene rings is 2. The maximum Gasteiger partial charge on any atom is 0.490 e. The number of carbonyl (C=O) groups is 5. The van der Waals surface area contributed by atoms with E-state index in [1.165, 1.54) is 17.7 Å². The van der Waals surface area contributed by atoms with Gasteiger partial charge in [-0.15, -0.1) is 0 Å². The maximum atomic E-state index is 15.6. The fourth-order valence-corrected chi connectivity index (χ4v) is 6.34. The van der Waals surface area contributed by atoms with Crippen LogP contribution < -0.4 is 10.2 Å². The summed E-state index contributed by atoms with van der Waals surface area (Å²) >= 11 is 0. The summed E-state index contributed by atoms with van der Waals surface area (Å²) < 4.78 is 47.3. The van der Waals surface area contributed by atoms with E-state index in [0.29, 0.717) is 13.1 Å². The van der Waals surface area contributed by atoms with E-state index in [1.54, 1.807) is 0 Å². The molecule has 4 aliphatic rings. The molecule has 0 bridgehead atoms. The average molecular weight is 605 g/mol. The van der Waals surface area contributed by atoms with Crippen molar-refractivity contribution >= 4 is 35.3 Å². The molecule has 14 heteroatoms. The second-order valence-corrected chi connectivity index (χ2v) is 11.2. The predicted octanol–water partition coefficient (Wildman–Crippen LogP) is 2.84. The number of nitrogens with zero attached hydrogens (tertiary/aromatic N) is 3. The van der Waals surface area contributed by atoms with Crippen molar-refractivity contribution in [3.8, 4) is 0 Å². The lowest BCUT2D eigenvalue weighted by molar-refractivity contribution is -0.192. The van der Waals surface area contributed by atoms with Gasteiger partial charge in [0.15, 0.2) is 0 Å². The van der Waals surface area contributed by atoms with E-state index in [1.807, 2.05) is 23.1 Å². The summed E-state index contributed by atoms with van der Waals surface area (Å²) in [6.45, 7) is 2.78. The van der Waals surface area contributed by atoms with Gasteiger partial charge in [0.1, 0.15) is 11.9 Å². The van der Waals surface area contributed by atoms with Gasteiger partial charge in [0, 0.05) is 24.9 Å². The van der Waals surface area contributed by atoms with Crippen molar-refractivity contribution in [3.63, 3.8) is 0 Å². The van der Waals surface area contributed by atoms with Crippen LogP contribution in [0.25, 0.3) is 0 Å². The smallest absolute Gasteiger partial charge is 0.475 e. The SMILES string of the molecule is CN1CCC2(CC1)CN(c1c(F)ccc3c1C(=O)N(C1CCC(=O)NC1=O)C3=O)Cc1ccccc12.O=C(O)C(F)(F)F. The van der Waals surface area contributed by atoms with Gasteiger partial charge in [0.05, 0.1) is 16.8 Å². The number of piperidine rings is 2. The van der Waals surface area contributed by atoms with Gasteiger partial charge >= 0.3 is 12.1 Å². The van der Waals surface area contributed by atoms with Crippen molar-refractivity contribution in [2.45, 2.75) is 49.9 Å². The van der Waals surface area contributed by atoms with Gasteiger partial charge < -0.3 is 14.9 Å². The Kier molecular flexibility index (Phi) is 7.75. The molecule has 4 heterocycles. The summed E-state index contributed by atoms with van der Waals surface area (Å²) in [5, 5.41) is 9.33. The van der Waals surface area contributed by atoms with E-state index in [9.17, 15) is 32.3 Å². The molecule has 2 N–H and O–H groups in total. The van der Waals surface area contributed by atoms with Crippen LogP contribution in [-0.2, 0) is 26.3 Å². The number of rotatable bonds is 2. The number of anilines is 1. The molecular weight excluding hydrogens is 576 g/mol. The quantitative estimate of drug-likeness (QED) is 0.396. The molecule has 1 spiro atoms. The zero-order valence-electron chi connectivity index (χ0n) is 23.0. The Labute approximate surface area is 243 Å². The molecule has 0 saturated carbocycles. The molecule has 1 unspecified atom stereocenters. The van der Waals surface area contributed by atoms with E-state index < -0.39 is 47.6 Å². The molecule has 0 radical (unpaired) electrons. The van der Waals surface area contributed by atoms with Gasteiger partial charge in [-0.1, -0.05) is 24.3 Å². The highest BCUT2D eigenvalue weighted by Gasteiger charge is 2.49. The van der Waals surface area contributed by atoms with Crippen LogP contribution >= 0.6 is 0 Å². The van der Waals surface area contributed by atoms with Gasteiger partial charge in [-0.25, -0.2) is 9.18 Å². The number of fused-ring (bicyclic) bond motifs is 3. The molecular formula is C29H28F4N4O6. The Morgan fingerprint density at radius 3 is 2.30 bits per heavy atom. The van der Waals surface area contributed by atoms with E-state index in [2.05, 4.69) is 23.3 Å². The zero-order valence-corrected chi connectivity index (χ0v) is 23.0. The third-order valence-electron chi connectivity index (χ3n) is 8.48. The number of halogens is 4. The van der Waals surface area contributed by atoms with E-state index in [-0.39, 0.29) is 35.1 Å². The summed E-state index contributed by atoms with van der Waals surface area (Å²) in [5.41, 5.74) is 2.39. The summed E-state index contributed by atoms with van der Waals surface area (Å²) in [4.78, 5) is 65.0. The van der Waals surface area contributed by atoms with Gasteiger partial charge in [0.2, 0.25) is 11.8 Å². The number of hydrogen-bond donors (Lipinski definition) is 2. The number of amides is 4. The van der Waals surface area contributed by atoms with Gasteiger partial charge in [0.25, 0.3) is 11.8 Å². The van der Waals surface area contributed by atoms with Gasteiger partial charge in [-0.05, 0) is 62.7 Å². The molecule has 4 amide bonds. The highest BCUT2D eigenvalue weighted by molar-refractivity contribution is 6.25. The number of carboxylic acids is 1. The topological polar surface area (TPSA) is 127 Å². The number of nitrogens with one attached hydrogen (secondary N) is 1. The lowest BCUT2D eigenvalue weighted by Gasteiger charge is -2.49. The van der Waals surface area contributed by atoms with Crippen molar-refractivity contribution in [1.29, 1.82) is 0 Å². The molecule has 43 heavy (non-hydrogen) atoms. The Bertz CT molecular complexity index is 1520. The van der Waals surface area contributed by atoms with E-state index in [0.717, 1.165) is 36.4 Å². The first kappa shape index (κ1) is 30.1. The largest absolute Gasteiger partial charge is 0.490 e. The number of imide groups is 2. The Hall–Kier alpha value is -4.33. The molecule has 4 aliphatic heterocycles. The van der Waals surface area contributed by atoms with E-state index in [4.69, 9.17) is 9.90 Å². The van der Waals surface area contributed by atoms with Crippen LogP contribution in [0.4, 0.5) is 23.2 Å². The molecule has 2 saturated heterocycles. The minimum Gasteiger partial charge on any atom is -0.475 e. The summed E-state index contributed by atoms with van der Waals surface area (Å²) in [7, 11) is 2.09. The van der Waals surface area contributed by atoms with Gasteiger partial charge in [-0.2, -0.15) is 13.2 Å². The predicted molar refractivity (Wildman–Crippen MR) is 143 cm³/mol. The second kappa shape index (κ2) is 11.1. The second-order valence-electron chi connectivity index (χ2n) is 11.2. The van der Waals surface area contributed by atoms with E-state index >= 15 is 4.39 Å². The third kappa shape index (κ3) is 5.46. The third-order valence-corrected chi connectivity index (χ3v) is 8.48. The molecule has 2 aromatic rings. The Balaban J connectivity index is 0.000000472. The van der Waals surface area contributed by atoms with Gasteiger partial charge in [-0.3, -0.25) is 29.4 Å². The first-order valence-corrected chi connectivity index (χ1v) is 13.6. The van der Waals surface area contributed by atoms with Crippen LogP contribution in [0.1, 0.15) is 57.5 Å². The molecule has 6 rings (SSSR count). The summed E-state index contributed by atoms with van der Waals surface area (Å²) in [6, 6.07) is 9.67. The molecule has 2 aromatic carbocycles. The highest BCUT2D eigenvalue weighted by atomic mass is 19.4. The fourth-order valence-electron chi connectivity index (χ4n) is 6.34. The number of aliphatic carboxylic acids is 1. The van der Waals surface area contributed by atoms with Crippen LogP contribution in [0, 0.1) is 5.82 Å². The standard InChI is InChI=1S/C27H27FN4O4.C2HF3O2/c1-30-12-10-27(11-13-30)15-31(14-16-4-2-3-5-18(16)27)23-19(28)7-6-17-22(23)26(36)32(25(17)35)20-8-9-21(33)29-24(20)34;3-2(4,5)1(6)7/h2-7,20H,8-15H2,1H3,(H,29,33,34);(H,6,7). The van der Waals surface area contributed by atoms with Crippen molar-refractivity contribution in [2.24, 2.45) is 0 Å². The summed E-state index contributed by atoms with van der Waals surface area (Å²) in [6.07, 6.45) is -3.18. The first-order valence-electron chi connectivity index (χ1n) is 13.6.